The largest absolute Gasteiger partial charge is 0.348 e. The van der Waals surface area contributed by atoms with Gasteiger partial charge in [0.2, 0.25) is 5.91 Å². The van der Waals surface area contributed by atoms with Crippen molar-refractivity contribution in [3.05, 3.63) is 27.2 Å². The molecule has 1 amide bonds. The molecule has 1 unspecified atom stereocenters. The Hall–Kier alpha value is -2.42. The lowest BCUT2D eigenvalue weighted by molar-refractivity contribution is -0.123. The number of hydrogen-bond acceptors (Lipinski definition) is 5. The van der Waals surface area contributed by atoms with Crippen molar-refractivity contribution in [3.8, 4) is 0 Å². The van der Waals surface area contributed by atoms with Crippen LogP contribution in [-0.2, 0) is 25.4 Å². The van der Waals surface area contributed by atoms with E-state index in [0.717, 1.165) is 4.57 Å². The highest BCUT2D eigenvalue weighted by molar-refractivity contribution is 5.77. The summed E-state index contributed by atoms with van der Waals surface area (Å²) in [6, 6.07) is 0. The molecular formula is C16H26N6O3. The van der Waals surface area contributed by atoms with E-state index < -0.39 is 22.7 Å². The molecule has 1 atom stereocenters. The van der Waals surface area contributed by atoms with Crippen molar-refractivity contribution in [2.75, 3.05) is 6.54 Å². The number of aryl methyl sites for hydroxylation is 2. The summed E-state index contributed by atoms with van der Waals surface area (Å²) >= 11 is 0. The van der Waals surface area contributed by atoms with Crippen LogP contribution in [0.1, 0.15) is 27.2 Å². The van der Waals surface area contributed by atoms with E-state index in [-0.39, 0.29) is 18.6 Å². The molecule has 2 aromatic rings. The van der Waals surface area contributed by atoms with Gasteiger partial charge in [0.1, 0.15) is 6.54 Å². The Morgan fingerprint density at radius 3 is 2.56 bits per heavy atom. The van der Waals surface area contributed by atoms with E-state index in [9.17, 15) is 14.4 Å². The molecule has 3 N–H and O–H groups in total. The molecular weight excluding hydrogens is 324 g/mol. The van der Waals surface area contributed by atoms with E-state index in [1.807, 2.05) is 20.8 Å². The van der Waals surface area contributed by atoms with Crippen molar-refractivity contribution in [2.24, 2.45) is 25.7 Å². The molecule has 0 aliphatic carbocycles. The molecule has 0 aliphatic heterocycles. The number of carbonyl (C=O) groups is 1. The summed E-state index contributed by atoms with van der Waals surface area (Å²) in [4.78, 5) is 41.6. The maximum absolute atomic E-state index is 12.6. The average Bonchev–Trinajstić information content (AvgIpc) is 2.90. The summed E-state index contributed by atoms with van der Waals surface area (Å²) in [6.07, 6.45) is 2.16. The second kappa shape index (κ2) is 6.83. The van der Waals surface area contributed by atoms with Gasteiger partial charge in [-0.05, 0) is 19.3 Å². The van der Waals surface area contributed by atoms with E-state index in [2.05, 4.69) is 10.3 Å². The van der Waals surface area contributed by atoms with Gasteiger partial charge in [-0.25, -0.2) is 14.3 Å². The Bertz CT molecular complexity index is 907. The van der Waals surface area contributed by atoms with Crippen molar-refractivity contribution < 1.29 is 4.79 Å². The number of amides is 1. The van der Waals surface area contributed by atoms with Crippen molar-refractivity contribution in [2.45, 2.75) is 39.3 Å². The van der Waals surface area contributed by atoms with Gasteiger partial charge < -0.3 is 15.6 Å². The summed E-state index contributed by atoms with van der Waals surface area (Å²) < 4.78 is 3.72. The van der Waals surface area contributed by atoms with E-state index in [0.29, 0.717) is 18.0 Å². The number of carbonyl (C=O) groups excluding carboxylic acids is 1. The summed E-state index contributed by atoms with van der Waals surface area (Å²) in [5.41, 5.74) is 4.67. The molecule has 0 fully saturated rings. The van der Waals surface area contributed by atoms with Gasteiger partial charge in [-0.15, -0.1) is 0 Å². The Morgan fingerprint density at radius 2 is 2.00 bits per heavy atom. The highest BCUT2D eigenvalue weighted by atomic mass is 16.2. The third kappa shape index (κ3) is 3.65. The maximum atomic E-state index is 12.6. The van der Waals surface area contributed by atoms with Crippen LogP contribution >= 0.6 is 0 Å². The van der Waals surface area contributed by atoms with Gasteiger partial charge in [0.05, 0.1) is 6.33 Å². The molecule has 138 valence electrons. The quantitative estimate of drug-likeness (QED) is 0.715. The van der Waals surface area contributed by atoms with Gasteiger partial charge in [0.25, 0.3) is 5.56 Å². The summed E-state index contributed by atoms with van der Waals surface area (Å²) in [5.74, 6) is -0.0791. The Labute approximate surface area is 145 Å². The van der Waals surface area contributed by atoms with E-state index in [4.69, 9.17) is 5.73 Å². The minimum Gasteiger partial charge on any atom is -0.348 e. The lowest BCUT2D eigenvalue weighted by Crippen LogP contribution is -2.54. The number of rotatable bonds is 6. The van der Waals surface area contributed by atoms with Gasteiger partial charge in [0, 0.05) is 26.2 Å². The first-order valence-electron chi connectivity index (χ1n) is 8.21. The molecule has 2 rings (SSSR count). The van der Waals surface area contributed by atoms with Crippen molar-refractivity contribution >= 4 is 17.1 Å². The van der Waals surface area contributed by atoms with Crippen LogP contribution in [0.25, 0.3) is 11.2 Å². The van der Waals surface area contributed by atoms with Gasteiger partial charge in [0.15, 0.2) is 11.2 Å². The third-order valence-corrected chi connectivity index (χ3v) is 4.25. The molecule has 0 aliphatic rings. The molecule has 25 heavy (non-hydrogen) atoms. The Kier molecular flexibility index (Phi) is 5.17. The number of nitrogens with two attached hydrogens (primary N) is 1. The fourth-order valence-electron chi connectivity index (χ4n) is 3.14. The van der Waals surface area contributed by atoms with Crippen LogP contribution in [0.2, 0.25) is 0 Å². The number of fused-ring (bicyclic) bond motifs is 1. The molecule has 0 aromatic carbocycles. The van der Waals surface area contributed by atoms with Gasteiger partial charge >= 0.3 is 5.69 Å². The second-order valence-electron chi connectivity index (χ2n) is 7.17. The van der Waals surface area contributed by atoms with Crippen molar-refractivity contribution in [1.29, 1.82) is 0 Å². The zero-order valence-corrected chi connectivity index (χ0v) is 15.4. The molecule has 0 bridgehead atoms. The molecule has 2 heterocycles. The van der Waals surface area contributed by atoms with Crippen molar-refractivity contribution in [1.82, 2.24) is 24.0 Å². The lowest BCUT2D eigenvalue weighted by Gasteiger charge is -2.31. The average molecular weight is 350 g/mol. The number of nitrogens with one attached hydrogen (secondary N) is 1. The van der Waals surface area contributed by atoms with Crippen LogP contribution in [0.4, 0.5) is 0 Å². The Balaban J connectivity index is 2.37. The topological polar surface area (TPSA) is 117 Å². The summed E-state index contributed by atoms with van der Waals surface area (Å²) in [7, 11) is 3.19. The maximum Gasteiger partial charge on any atom is 0.332 e. The molecule has 0 radical (unpaired) electrons. The molecule has 0 saturated heterocycles. The SMILES string of the molecule is CC(C)CC(C)(CN)NC(=O)Cn1c(=O)c2c(ncn2C)n(C)c1=O. The molecule has 9 heteroatoms. The summed E-state index contributed by atoms with van der Waals surface area (Å²) in [5, 5.41) is 2.86. The highest BCUT2D eigenvalue weighted by Crippen LogP contribution is 2.15. The monoisotopic (exact) mass is 350 g/mol. The smallest absolute Gasteiger partial charge is 0.332 e. The number of nitrogens with zero attached hydrogens (tertiary/aromatic N) is 4. The van der Waals surface area contributed by atoms with Crippen LogP contribution in [-0.4, -0.2) is 36.7 Å². The van der Waals surface area contributed by atoms with Gasteiger partial charge in [-0.1, -0.05) is 13.8 Å². The van der Waals surface area contributed by atoms with E-state index in [1.54, 1.807) is 7.05 Å². The zero-order valence-electron chi connectivity index (χ0n) is 15.4. The Morgan fingerprint density at radius 1 is 1.36 bits per heavy atom. The predicted molar refractivity (Wildman–Crippen MR) is 95.3 cm³/mol. The normalized spacial score (nSPS) is 14.0. The van der Waals surface area contributed by atoms with Gasteiger partial charge in [-0.3, -0.25) is 14.2 Å². The van der Waals surface area contributed by atoms with Crippen molar-refractivity contribution in [3.63, 3.8) is 0 Å². The first kappa shape index (κ1) is 18.9. The molecule has 2 aromatic heterocycles. The fraction of sp³-hybridized carbons (Fsp3) is 0.625. The standard InChI is InChI=1S/C16H26N6O3/c1-10(2)6-16(3,8-17)19-11(23)7-22-14(24)12-13(18-9-20(12)4)21(5)15(22)25/h9-10H,6-8,17H2,1-5H3,(H,19,23). The van der Waals surface area contributed by atoms with Crippen LogP contribution in [0.15, 0.2) is 15.9 Å². The molecule has 9 nitrogen and oxygen atoms in total. The van der Waals surface area contributed by atoms with Crippen LogP contribution < -0.4 is 22.3 Å². The molecule has 0 spiro atoms. The second-order valence-corrected chi connectivity index (χ2v) is 7.17. The van der Waals surface area contributed by atoms with Crippen LogP contribution in [0.3, 0.4) is 0 Å². The predicted octanol–water partition coefficient (Wildman–Crippen LogP) is -0.687. The first-order valence-corrected chi connectivity index (χ1v) is 8.21. The van der Waals surface area contributed by atoms with Gasteiger partial charge in [-0.2, -0.15) is 0 Å². The molecule has 0 saturated carbocycles. The third-order valence-electron chi connectivity index (χ3n) is 4.25. The number of hydrogen-bond donors (Lipinski definition) is 2. The van der Waals surface area contributed by atoms with Crippen LogP contribution in [0, 0.1) is 5.92 Å². The number of imidazole rings is 1. The highest BCUT2D eigenvalue weighted by Gasteiger charge is 2.26. The van der Waals surface area contributed by atoms with Crippen LogP contribution in [0.5, 0.6) is 0 Å². The minimum atomic E-state index is -0.587. The van der Waals surface area contributed by atoms with E-state index >= 15 is 0 Å². The lowest BCUT2D eigenvalue weighted by atomic mass is 9.91. The zero-order chi connectivity index (χ0) is 18.9. The number of aromatic nitrogens is 4. The minimum absolute atomic E-state index is 0.268. The van der Waals surface area contributed by atoms with E-state index in [1.165, 1.54) is 22.5 Å². The summed E-state index contributed by atoms with van der Waals surface area (Å²) in [6.45, 7) is 5.84. The fourth-order valence-corrected chi connectivity index (χ4v) is 3.14. The first-order chi connectivity index (χ1) is 11.6.